The van der Waals surface area contributed by atoms with E-state index in [2.05, 4.69) is 10.6 Å². The summed E-state index contributed by atoms with van der Waals surface area (Å²) in [5.74, 6) is -1.94. The molecular formula is C43H47N3O11. The third-order valence-corrected chi connectivity index (χ3v) is 10.5. The second kappa shape index (κ2) is 18.0. The van der Waals surface area contributed by atoms with Gasteiger partial charge in [-0.3, -0.25) is 4.79 Å². The Morgan fingerprint density at radius 3 is 1.37 bits per heavy atom. The number of rotatable bonds is 15. The number of hydrogen-bond acceptors (Lipinski definition) is 11. The Morgan fingerprint density at radius 1 is 0.579 bits per heavy atom. The van der Waals surface area contributed by atoms with Gasteiger partial charge in [0.15, 0.2) is 0 Å². The van der Waals surface area contributed by atoms with E-state index in [9.17, 15) is 39.6 Å². The van der Waals surface area contributed by atoms with Gasteiger partial charge in [-0.25, -0.2) is 14.4 Å². The summed E-state index contributed by atoms with van der Waals surface area (Å²) in [6.07, 6.45) is -9.20. The Hall–Kier alpha value is -5.80. The molecule has 6 rings (SSSR count). The molecule has 14 nitrogen and oxygen atoms in total. The van der Waals surface area contributed by atoms with Gasteiger partial charge in [-0.05, 0) is 58.4 Å². The predicted molar refractivity (Wildman–Crippen MR) is 208 cm³/mol. The number of alkyl carbamates (subject to hydrolysis) is 2. The minimum Gasteiger partial charge on any atom is -0.461 e. The lowest BCUT2D eigenvalue weighted by Gasteiger charge is -2.30. The molecule has 6 N–H and O–H groups in total. The number of ether oxygens (including phenoxy) is 3. The molecule has 0 bridgehead atoms. The van der Waals surface area contributed by atoms with Crippen molar-refractivity contribution in [3.63, 3.8) is 0 Å². The largest absolute Gasteiger partial charge is 0.461 e. The lowest BCUT2D eigenvalue weighted by atomic mass is 9.98. The van der Waals surface area contributed by atoms with Crippen LogP contribution in [-0.2, 0) is 23.8 Å². The fourth-order valence-electron chi connectivity index (χ4n) is 7.41. The zero-order valence-corrected chi connectivity index (χ0v) is 31.8. The summed E-state index contributed by atoms with van der Waals surface area (Å²) in [4.78, 5) is 51.9. The first kappa shape index (κ1) is 40.9. The Labute approximate surface area is 330 Å². The monoisotopic (exact) mass is 781 g/mol. The summed E-state index contributed by atoms with van der Waals surface area (Å²) in [5, 5.41) is 46.9. The topological polar surface area (TPSA) is 204 Å². The minimum absolute atomic E-state index is 0.0293. The maximum Gasteiger partial charge on any atom is 0.407 e. The van der Waals surface area contributed by atoms with Crippen LogP contribution in [-0.4, -0.2) is 119 Å². The Bertz CT molecular complexity index is 2000. The lowest BCUT2D eigenvalue weighted by Crippen LogP contribution is -2.53. The molecule has 2 aliphatic carbocycles. The number of aliphatic hydroxyl groups is 4. The van der Waals surface area contributed by atoms with Crippen LogP contribution in [0.5, 0.6) is 0 Å². The first-order chi connectivity index (χ1) is 27.3. The molecule has 2 aliphatic rings. The molecule has 0 aliphatic heterocycles. The average Bonchev–Trinajstić information content (AvgIpc) is 3.72. The van der Waals surface area contributed by atoms with Crippen LogP contribution in [0.25, 0.3) is 22.3 Å². The molecule has 0 radical (unpaired) electrons. The first-order valence-electron chi connectivity index (χ1n) is 18.7. The molecule has 4 aromatic carbocycles. The van der Waals surface area contributed by atoms with E-state index in [-0.39, 0.29) is 25.0 Å². The smallest absolute Gasteiger partial charge is 0.407 e. The first-order valence-corrected chi connectivity index (χ1v) is 18.7. The van der Waals surface area contributed by atoms with Gasteiger partial charge in [0, 0.05) is 25.4 Å². The van der Waals surface area contributed by atoms with Crippen LogP contribution in [0.4, 0.5) is 9.59 Å². The molecule has 0 unspecified atom stereocenters. The van der Waals surface area contributed by atoms with Crippen molar-refractivity contribution < 1.29 is 53.8 Å². The molecule has 0 fully saturated rings. The van der Waals surface area contributed by atoms with E-state index in [1.54, 1.807) is 0 Å². The van der Waals surface area contributed by atoms with Gasteiger partial charge in [0.1, 0.15) is 56.3 Å². The third-order valence-electron chi connectivity index (χ3n) is 10.5. The Morgan fingerprint density at radius 2 is 0.947 bits per heavy atom. The number of likely N-dealkylation sites (N-methyl/N-ethyl adjacent to an activating group) is 1. The molecule has 57 heavy (non-hydrogen) atoms. The fraction of sp³-hybridized carbons (Fsp3) is 0.349. The second-order valence-corrected chi connectivity index (χ2v) is 14.3. The van der Waals surface area contributed by atoms with Crippen LogP contribution in [0.2, 0.25) is 0 Å². The molecule has 0 spiro atoms. The molecule has 6 atom stereocenters. The van der Waals surface area contributed by atoms with Crippen LogP contribution >= 0.6 is 0 Å². The van der Waals surface area contributed by atoms with Gasteiger partial charge in [-0.1, -0.05) is 97.1 Å². The number of aliphatic hydroxyl groups excluding tert-OH is 4. The number of amides is 3. The summed E-state index contributed by atoms with van der Waals surface area (Å²) >= 11 is 0. The van der Waals surface area contributed by atoms with E-state index in [0.717, 1.165) is 49.4 Å². The van der Waals surface area contributed by atoms with E-state index in [4.69, 9.17) is 14.2 Å². The highest BCUT2D eigenvalue weighted by Gasteiger charge is 2.35. The molecule has 0 saturated heterocycles. The number of esters is 1. The maximum absolute atomic E-state index is 13.0. The van der Waals surface area contributed by atoms with Crippen molar-refractivity contribution in [2.24, 2.45) is 0 Å². The van der Waals surface area contributed by atoms with Crippen molar-refractivity contribution in [3.8, 4) is 22.3 Å². The molecule has 0 saturated carbocycles. The molecular weight excluding hydrogens is 734 g/mol. The normalized spacial score (nSPS) is 16.0. The molecule has 300 valence electrons. The lowest BCUT2D eigenvalue weighted by molar-refractivity contribution is -0.158. The van der Waals surface area contributed by atoms with E-state index < -0.39 is 73.7 Å². The maximum atomic E-state index is 13.0. The van der Waals surface area contributed by atoms with Crippen molar-refractivity contribution >= 4 is 24.1 Å². The van der Waals surface area contributed by atoms with Crippen molar-refractivity contribution in [2.75, 3.05) is 33.4 Å². The molecule has 4 aromatic rings. The van der Waals surface area contributed by atoms with Gasteiger partial charge in [-0.2, -0.15) is 0 Å². The number of nitrogens with zero attached hydrogens (tertiary/aromatic N) is 1. The second-order valence-electron chi connectivity index (χ2n) is 14.3. The van der Waals surface area contributed by atoms with Crippen molar-refractivity contribution in [3.05, 3.63) is 119 Å². The van der Waals surface area contributed by atoms with Crippen molar-refractivity contribution in [1.29, 1.82) is 0 Å². The molecule has 3 amide bonds. The highest BCUT2D eigenvalue weighted by Crippen LogP contribution is 2.45. The molecule has 0 aromatic heterocycles. The van der Waals surface area contributed by atoms with E-state index in [1.165, 1.54) is 20.9 Å². The van der Waals surface area contributed by atoms with Crippen LogP contribution in [0.3, 0.4) is 0 Å². The van der Waals surface area contributed by atoms with Gasteiger partial charge in [0.05, 0.1) is 0 Å². The predicted octanol–water partition coefficient (Wildman–Crippen LogP) is 3.29. The fourth-order valence-corrected chi connectivity index (χ4v) is 7.41. The van der Waals surface area contributed by atoms with Gasteiger partial charge in [0.25, 0.3) is 0 Å². The number of carbonyl (C=O) groups is 4. The standard InChI is InChI=1S/C43H47N3O11/c1-24(44-42(53)56-21-34-30-16-8-4-12-26(30)27-13-5-9-17-31(27)34)40(51)46(3)20-36(47)38(49)39(50)37(48)23-55-41(52)25(2)45-43(54)57-22-35-32-18-10-6-14-28(32)29-15-7-11-19-33(29)35/h4-19,24-25,34-39,47-50H,20-23H2,1-3H3,(H,44,53)(H,45,54)/t24-,25-,36-,37+,38+,39+/m0/s1. The van der Waals surface area contributed by atoms with Crippen molar-refractivity contribution in [2.45, 2.75) is 62.2 Å². The highest BCUT2D eigenvalue weighted by atomic mass is 16.6. The minimum atomic E-state index is -1.99. The molecule has 14 heteroatoms. The van der Waals surface area contributed by atoms with E-state index in [1.807, 2.05) is 97.1 Å². The number of fused-ring (bicyclic) bond motifs is 6. The summed E-state index contributed by atoms with van der Waals surface area (Å²) in [6, 6.07) is 29.2. The SMILES string of the molecule is C[C@H](NC(=O)OCC1c2ccccc2-c2ccccc21)C(=O)OC[C@@H](O)[C@@H](O)[C@H](O)[C@@H](O)CN(C)C(=O)[C@H](C)NC(=O)OCC1c2ccccc2-c2ccccc21. The van der Waals surface area contributed by atoms with Gasteiger partial charge in [0.2, 0.25) is 5.91 Å². The van der Waals surface area contributed by atoms with Crippen LogP contribution < -0.4 is 10.6 Å². The van der Waals surface area contributed by atoms with E-state index in [0.29, 0.717) is 0 Å². The number of nitrogens with one attached hydrogen (secondary N) is 2. The van der Waals surface area contributed by atoms with Gasteiger partial charge >= 0.3 is 18.2 Å². The zero-order chi connectivity index (χ0) is 40.8. The summed E-state index contributed by atoms with van der Waals surface area (Å²) in [7, 11) is 1.32. The molecule has 0 heterocycles. The highest BCUT2D eigenvalue weighted by molar-refractivity contribution is 5.85. The summed E-state index contributed by atoms with van der Waals surface area (Å²) < 4.78 is 16.0. The summed E-state index contributed by atoms with van der Waals surface area (Å²) in [6.45, 7) is 1.59. The van der Waals surface area contributed by atoms with Gasteiger partial charge in [-0.15, -0.1) is 0 Å². The van der Waals surface area contributed by atoms with Crippen LogP contribution in [0.1, 0.15) is 47.9 Å². The quantitative estimate of drug-likeness (QED) is 0.0763. The number of carbonyl (C=O) groups excluding carboxylic acids is 4. The Kier molecular flexibility index (Phi) is 12.9. The van der Waals surface area contributed by atoms with Gasteiger partial charge < -0.3 is 50.2 Å². The zero-order valence-electron chi connectivity index (χ0n) is 31.8. The average molecular weight is 782 g/mol. The number of benzene rings is 4. The third kappa shape index (κ3) is 9.10. The number of hydrogen-bond donors (Lipinski definition) is 6. The summed E-state index contributed by atoms with van der Waals surface area (Å²) in [5.41, 5.74) is 8.38. The van der Waals surface area contributed by atoms with Crippen LogP contribution in [0, 0.1) is 0 Å². The van der Waals surface area contributed by atoms with Crippen LogP contribution in [0.15, 0.2) is 97.1 Å². The van der Waals surface area contributed by atoms with Crippen molar-refractivity contribution in [1.82, 2.24) is 15.5 Å². The van der Waals surface area contributed by atoms with E-state index >= 15 is 0 Å². The Balaban J connectivity index is 0.898.